The largest absolute Gasteiger partial charge is 0.466 e. The Bertz CT molecular complexity index is 624. The van der Waals surface area contributed by atoms with Crippen LogP contribution >= 0.6 is 22.7 Å². The highest BCUT2D eigenvalue weighted by atomic mass is 32.1. The minimum Gasteiger partial charge on any atom is -0.466 e. The number of carbonyl (C=O) groups is 2. The van der Waals surface area contributed by atoms with Gasteiger partial charge < -0.3 is 15.4 Å². The Labute approximate surface area is 150 Å². The molecule has 2 aromatic heterocycles. The molecule has 0 bridgehead atoms. The zero-order valence-corrected chi connectivity index (χ0v) is 15.9. The van der Waals surface area contributed by atoms with Gasteiger partial charge in [-0.25, -0.2) is 4.98 Å². The van der Waals surface area contributed by atoms with Gasteiger partial charge in [0.1, 0.15) is 0 Å². The zero-order valence-electron chi connectivity index (χ0n) is 14.3. The maximum atomic E-state index is 11.0. The molecule has 0 aliphatic carbocycles. The van der Waals surface area contributed by atoms with Crippen molar-refractivity contribution in [3.63, 3.8) is 0 Å². The number of thiophene rings is 1. The van der Waals surface area contributed by atoms with Gasteiger partial charge in [0.15, 0.2) is 5.13 Å². The topological polar surface area (TPSA) is 80.3 Å². The Hall–Kier alpha value is -1.93. The van der Waals surface area contributed by atoms with Gasteiger partial charge in [0, 0.05) is 18.0 Å². The van der Waals surface area contributed by atoms with Gasteiger partial charge in [0.2, 0.25) is 6.41 Å². The molecule has 24 heavy (non-hydrogen) atoms. The van der Waals surface area contributed by atoms with Crippen molar-refractivity contribution in [1.29, 1.82) is 0 Å². The number of ether oxygens (including phenoxy) is 1. The Morgan fingerprint density at radius 3 is 2.67 bits per heavy atom. The van der Waals surface area contributed by atoms with E-state index < -0.39 is 5.54 Å². The van der Waals surface area contributed by atoms with Gasteiger partial charge in [0.25, 0.3) is 0 Å². The third-order valence-corrected chi connectivity index (χ3v) is 4.59. The summed E-state index contributed by atoms with van der Waals surface area (Å²) in [5.74, 6) is -0.295. The number of anilines is 1. The summed E-state index contributed by atoms with van der Waals surface area (Å²) in [6, 6.07) is 4.12. The average Bonchev–Trinajstić information content (AvgIpc) is 3.18. The van der Waals surface area contributed by atoms with E-state index in [9.17, 15) is 9.59 Å². The summed E-state index contributed by atoms with van der Waals surface area (Å²) in [5.41, 5.74) is 0.549. The molecule has 8 heteroatoms. The first kappa shape index (κ1) is 20.1. The number of hydrogen-bond acceptors (Lipinski definition) is 7. The van der Waals surface area contributed by atoms with Crippen molar-refractivity contribution in [2.24, 2.45) is 0 Å². The quantitative estimate of drug-likeness (QED) is 0.578. The average molecular weight is 370 g/mol. The summed E-state index contributed by atoms with van der Waals surface area (Å²) in [4.78, 5) is 26.7. The lowest BCUT2D eigenvalue weighted by Gasteiger charge is -2.22. The van der Waals surface area contributed by atoms with Crippen LogP contribution in [0.3, 0.4) is 0 Å². The van der Waals surface area contributed by atoms with Crippen molar-refractivity contribution >= 4 is 40.2 Å². The second kappa shape index (κ2) is 10.0. The molecule has 0 spiro atoms. The summed E-state index contributed by atoms with van der Waals surface area (Å²) in [6.07, 6.45) is 0.777. The maximum Gasteiger partial charge on any atom is 0.308 e. The normalized spacial score (nSPS) is 10.3. The van der Waals surface area contributed by atoms with Crippen LogP contribution in [0.4, 0.5) is 5.13 Å². The van der Waals surface area contributed by atoms with Crippen molar-refractivity contribution in [3.8, 4) is 10.6 Å². The molecule has 0 fully saturated rings. The van der Waals surface area contributed by atoms with E-state index in [1.807, 2.05) is 13.1 Å². The van der Waals surface area contributed by atoms with E-state index in [-0.39, 0.29) is 12.4 Å². The van der Waals surface area contributed by atoms with Crippen molar-refractivity contribution in [2.45, 2.75) is 32.7 Å². The van der Waals surface area contributed by atoms with E-state index >= 15 is 0 Å². The first-order valence-electron chi connectivity index (χ1n) is 7.46. The number of rotatable bonds is 7. The second-order valence-corrected chi connectivity index (χ2v) is 7.20. The monoisotopic (exact) mass is 369 g/mol. The third-order valence-electron chi connectivity index (χ3n) is 2.83. The number of nitrogens with zero attached hydrogens (tertiary/aromatic N) is 1. The summed E-state index contributed by atoms with van der Waals surface area (Å²) in [6.45, 7) is 5.64. The number of esters is 1. The summed E-state index contributed by atoms with van der Waals surface area (Å²) < 4.78 is 4.73. The predicted molar refractivity (Wildman–Crippen MR) is 99.5 cm³/mol. The van der Waals surface area contributed by atoms with Crippen molar-refractivity contribution in [1.82, 2.24) is 10.3 Å². The van der Waals surface area contributed by atoms with Gasteiger partial charge in [-0.05, 0) is 32.2 Å². The molecule has 2 aromatic rings. The van der Waals surface area contributed by atoms with Crippen molar-refractivity contribution in [2.75, 3.05) is 19.0 Å². The number of aromatic nitrogens is 1. The summed E-state index contributed by atoms with van der Waals surface area (Å²) in [7, 11) is 1.89. The number of nitrogens with one attached hydrogen (secondary N) is 2. The molecule has 2 rings (SSSR count). The zero-order chi connectivity index (χ0) is 18.0. The maximum absolute atomic E-state index is 11.0. The molecule has 0 aliphatic rings. The molecule has 0 radical (unpaired) electrons. The van der Waals surface area contributed by atoms with Crippen LogP contribution in [-0.2, 0) is 14.3 Å². The molecule has 2 N–H and O–H groups in total. The molecular weight excluding hydrogens is 346 g/mol. The van der Waals surface area contributed by atoms with Crippen LogP contribution < -0.4 is 10.6 Å². The molecule has 0 aliphatic heterocycles. The SMILES string of the molecule is CCOC(=O)CC(C)(C)NC=O.CNc1nc(-c2cccs2)cs1. The van der Waals surface area contributed by atoms with Gasteiger partial charge in [-0.15, -0.1) is 22.7 Å². The van der Waals surface area contributed by atoms with E-state index in [0.29, 0.717) is 13.0 Å². The van der Waals surface area contributed by atoms with Crippen molar-refractivity contribution < 1.29 is 14.3 Å². The lowest BCUT2D eigenvalue weighted by Crippen LogP contribution is -2.40. The van der Waals surface area contributed by atoms with Gasteiger partial charge >= 0.3 is 5.97 Å². The van der Waals surface area contributed by atoms with Crippen molar-refractivity contribution in [3.05, 3.63) is 22.9 Å². The summed E-state index contributed by atoms with van der Waals surface area (Å²) >= 11 is 3.35. The molecule has 0 saturated carbocycles. The smallest absolute Gasteiger partial charge is 0.308 e. The number of thiazole rings is 1. The number of carbonyl (C=O) groups excluding carboxylic acids is 2. The minimum absolute atomic E-state index is 0.194. The van der Waals surface area contributed by atoms with Crippen LogP contribution in [0.25, 0.3) is 10.6 Å². The Kier molecular flexibility index (Phi) is 8.42. The predicted octanol–water partition coefficient (Wildman–Crippen LogP) is 3.38. The van der Waals surface area contributed by atoms with Crippen LogP contribution in [0.2, 0.25) is 0 Å². The molecule has 1 amide bonds. The molecule has 0 saturated heterocycles. The van der Waals surface area contributed by atoms with Crippen LogP contribution in [-0.4, -0.2) is 36.6 Å². The fourth-order valence-corrected chi connectivity index (χ4v) is 3.14. The molecule has 6 nitrogen and oxygen atoms in total. The first-order chi connectivity index (χ1) is 11.4. The van der Waals surface area contributed by atoms with Crippen LogP contribution in [0.15, 0.2) is 22.9 Å². The first-order valence-corrected chi connectivity index (χ1v) is 9.22. The van der Waals surface area contributed by atoms with Gasteiger partial charge in [0.05, 0.1) is 23.6 Å². The van der Waals surface area contributed by atoms with Gasteiger partial charge in [-0.1, -0.05) is 6.07 Å². The van der Waals surface area contributed by atoms with Gasteiger partial charge in [-0.3, -0.25) is 9.59 Å². The van der Waals surface area contributed by atoms with Gasteiger partial charge in [-0.2, -0.15) is 0 Å². The number of amides is 1. The molecular formula is C16H23N3O3S2. The molecule has 0 unspecified atom stereocenters. The van der Waals surface area contributed by atoms with E-state index in [2.05, 4.69) is 32.4 Å². The van der Waals surface area contributed by atoms with E-state index in [0.717, 1.165) is 10.8 Å². The standard InChI is InChI=1S/C8H8N2S2.C8H15NO3/c1-9-8-10-6(5-12-8)7-3-2-4-11-7;1-4-12-7(11)5-8(2,3)9-6-10/h2-5H,1H3,(H,9,10);6H,4-5H2,1-3H3,(H,9,10). The lowest BCUT2D eigenvalue weighted by molar-refractivity contribution is -0.144. The number of hydrogen-bond donors (Lipinski definition) is 2. The fraction of sp³-hybridized carbons (Fsp3) is 0.438. The highest BCUT2D eigenvalue weighted by molar-refractivity contribution is 7.15. The molecule has 132 valence electrons. The second-order valence-electron chi connectivity index (χ2n) is 5.39. The molecule has 2 heterocycles. The lowest BCUT2D eigenvalue weighted by atomic mass is 10.0. The Morgan fingerprint density at radius 1 is 1.42 bits per heavy atom. The highest BCUT2D eigenvalue weighted by Crippen LogP contribution is 2.27. The van der Waals surface area contributed by atoms with E-state index in [1.165, 1.54) is 4.88 Å². The highest BCUT2D eigenvalue weighted by Gasteiger charge is 2.21. The third kappa shape index (κ3) is 7.10. The van der Waals surface area contributed by atoms with Crippen LogP contribution in [0.1, 0.15) is 27.2 Å². The van der Waals surface area contributed by atoms with Crippen LogP contribution in [0, 0.1) is 0 Å². The van der Waals surface area contributed by atoms with Crippen LogP contribution in [0.5, 0.6) is 0 Å². The molecule has 0 atom stereocenters. The van der Waals surface area contributed by atoms with E-state index in [4.69, 9.17) is 4.74 Å². The van der Waals surface area contributed by atoms with E-state index in [1.54, 1.807) is 43.4 Å². The Morgan fingerprint density at radius 2 is 2.17 bits per heavy atom. The minimum atomic E-state index is -0.520. The summed E-state index contributed by atoms with van der Waals surface area (Å²) in [5, 5.41) is 10.7. The fourth-order valence-electron chi connectivity index (χ4n) is 1.71. The molecule has 0 aromatic carbocycles. The Balaban J connectivity index is 0.000000240.